The van der Waals surface area contributed by atoms with Crippen LogP contribution in [0.5, 0.6) is 0 Å². The molecule has 1 N–H and O–H groups in total. The highest BCUT2D eigenvalue weighted by Gasteiger charge is 2.26. The van der Waals surface area contributed by atoms with E-state index in [4.69, 9.17) is 0 Å². The lowest BCUT2D eigenvalue weighted by Gasteiger charge is -2.35. The van der Waals surface area contributed by atoms with Crippen LogP contribution in [-0.2, 0) is 17.6 Å². The van der Waals surface area contributed by atoms with Crippen LogP contribution in [0.15, 0.2) is 71.5 Å². The standard InChI is InChI=1S/C30H29FN4O3/c1-20-6-8-21(9-7-20)11-13-28(36)34-14-16-35(17-15-34)30(38)25-18-22(10-12-26(25)31)19-27-23-4-2-3-5-24(23)29(37)33-32-27/h2-10,12,18H,11,13-17,19H2,1H3,(H,33,37). The van der Waals surface area contributed by atoms with Crippen molar-refractivity contribution in [2.45, 2.75) is 26.2 Å². The molecule has 8 heteroatoms. The number of carbonyl (C=O) groups is 2. The van der Waals surface area contributed by atoms with E-state index in [0.717, 1.165) is 10.9 Å². The average Bonchev–Trinajstić information content (AvgIpc) is 2.95. The summed E-state index contributed by atoms with van der Waals surface area (Å²) in [5.41, 5.74) is 3.39. The lowest BCUT2D eigenvalue weighted by Crippen LogP contribution is -2.50. The van der Waals surface area contributed by atoms with Crippen molar-refractivity contribution in [3.05, 3.63) is 111 Å². The number of nitrogens with zero attached hydrogens (tertiary/aromatic N) is 3. The van der Waals surface area contributed by atoms with Crippen LogP contribution in [0, 0.1) is 12.7 Å². The number of rotatable bonds is 6. The number of fused-ring (bicyclic) bond motifs is 1. The molecular formula is C30H29FN4O3. The molecule has 0 spiro atoms. The molecule has 1 aromatic heterocycles. The first kappa shape index (κ1) is 25.3. The van der Waals surface area contributed by atoms with Crippen molar-refractivity contribution in [2.75, 3.05) is 26.2 Å². The summed E-state index contributed by atoms with van der Waals surface area (Å²) in [5, 5.41) is 7.95. The van der Waals surface area contributed by atoms with Crippen molar-refractivity contribution in [3.63, 3.8) is 0 Å². The maximum Gasteiger partial charge on any atom is 0.272 e. The molecule has 7 nitrogen and oxygen atoms in total. The highest BCUT2D eigenvalue weighted by Crippen LogP contribution is 2.20. The minimum atomic E-state index is -0.588. The van der Waals surface area contributed by atoms with Gasteiger partial charge in [-0.2, -0.15) is 5.10 Å². The first-order chi connectivity index (χ1) is 18.4. The fourth-order valence-corrected chi connectivity index (χ4v) is 4.84. The number of halogens is 1. The molecule has 1 fully saturated rings. The van der Waals surface area contributed by atoms with Crippen LogP contribution in [0.1, 0.15) is 39.2 Å². The topological polar surface area (TPSA) is 86.4 Å². The summed E-state index contributed by atoms with van der Waals surface area (Å²) in [6, 6.07) is 19.8. The van der Waals surface area contributed by atoms with Gasteiger partial charge in [0, 0.05) is 44.4 Å². The number of hydrogen-bond acceptors (Lipinski definition) is 4. The largest absolute Gasteiger partial charge is 0.339 e. The molecule has 0 atom stereocenters. The molecule has 5 rings (SSSR count). The van der Waals surface area contributed by atoms with Gasteiger partial charge in [-0.05, 0) is 42.7 Å². The quantitative estimate of drug-likeness (QED) is 0.425. The molecule has 0 unspecified atom stereocenters. The predicted molar refractivity (Wildman–Crippen MR) is 144 cm³/mol. The van der Waals surface area contributed by atoms with Gasteiger partial charge in [-0.25, -0.2) is 9.49 Å². The van der Waals surface area contributed by atoms with Crippen molar-refractivity contribution in [1.82, 2.24) is 20.0 Å². The summed E-state index contributed by atoms with van der Waals surface area (Å²) in [5.74, 6) is -0.920. The Morgan fingerprint density at radius 2 is 1.55 bits per heavy atom. The van der Waals surface area contributed by atoms with Crippen LogP contribution in [0.3, 0.4) is 0 Å². The van der Waals surface area contributed by atoms with Gasteiger partial charge in [0.05, 0.1) is 16.6 Å². The van der Waals surface area contributed by atoms with E-state index in [2.05, 4.69) is 10.2 Å². The number of H-pyrrole nitrogens is 1. The molecule has 194 valence electrons. The molecule has 0 bridgehead atoms. The van der Waals surface area contributed by atoms with Gasteiger partial charge < -0.3 is 9.80 Å². The highest BCUT2D eigenvalue weighted by molar-refractivity contribution is 5.95. The average molecular weight is 513 g/mol. The van der Waals surface area contributed by atoms with E-state index in [-0.39, 0.29) is 17.0 Å². The van der Waals surface area contributed by atoms with E-state index in [1.165, 1.54) is 11.6 Å². The number of hydrogen-bond donors (Lipinski definition) is 1. The van der Waals surface area contributed by atoms with Crippen LogP contribution in [0.4, 0.5) is 4.39 Å². The zero-order valence-corrected chi connectivity index (χ0v) is 21.2. The van der Waals surface area contributed by atoms with Crippen molar-refractivity contribution < 1.29 is 14.0 Å². The maximum absolute atomic E-state index is 14.7. The Balaban J connectivity index is 1.22. The van der Waals surface area contributed by atoms with Crippen LogP contribution in [0.2, 0.25) is 0 Å². The zero-order chi connectivity index (χ0) is 26.6. The molecule has 3 aromatic carbocycles. The molecule has 1 aliphatic rings. The first-order valence-corrected chi connectivity index (χ1v) is 12.8. The number of aromatic nitrogens is 2. The highest BCUT2D eigenvalue weighted by atomic mass is 19.1. The lowest BCUT2D eigenvalue weighted by molar-refractivity contribution is -0.132. The van der Waals surface area contributed by atoms with E-state index in [0.29, 0.717) is 62.1 Å². The monoisotopic (exact) mass is 512 g/mol. The third-order valence-corrected chi connectivity index (χ3v) is 7.08. The Bertz CT molecular complexity index is 1540. The Labute approximate surface area is 219 Å². The second kappa shape index (κ2) is 11.0. The van der Waals surface area contributed by atoms with Crippen molar-refractivity contribution in [3.8, 4) is 0 Å². The van der Waals surface area contributed by atoms with Crippen LogP contribution >= 0.6 is 0 Å². The van der Waals surface area contributed by atoms with Gasteiger partial charge >= 0.3 is 0 Å². The summed E-state index contributed by atoms with van der Waals surface area (Å²) >= 11 is 0. The third-order valence-electron chi connectivity index (χ3n) is 7.08. The van der Waals surface area contributed by atoms with Gasteiger partial charge in [0.25, 0.3) is 11.5 Å². The molecule has 1 aliphatic heterocycles. The van der Waals surface area contributed by atoms with E-state index >= 15 is 0 Å². The number of nitrogens with one attached hydrogen (secondary N) is 1. The summed E-state index contributed by atoms with van der Waals surface area (Å²) < 4.78 is 14.7. The van der Waals surface area contributed by atoms with E-state index < -0.39 is 11.7 Å². The summed E-state index contributed by atoms with van der Waals surface area (Å²) in [6.45, 7) is 3.58. The molecule has 0 aliphatic carbocycles. The molecule has 0 saturated carbocycles. The number of aryl methyl sites for hydroxylation is 2. The second-order valence-electron chi connectivity index (χ2n) is 9.69. The lowest BCUT2D eigenvalue weighted by atomic mass is 10.0. The number of amides is 2. The maximum atomic E-state index is 14.7. The number of carbonyl (C=O) groups excluding carboxylic acids is 2. The fraction of sp³-hybridized carbons (Fsp3) is 0.267. The van der Waals surface area contributed by atoms with E-state index in [1.54, 1.807) is 34.1 Å². The molecule has 38 heavy (non-hydrogen) atoms. The number of piperazine rings is 1. The number of aromatic amines is 1. The molecule has 1 saturated heterocycles. The fourth-order valence-electron chi connectivity index (χ4n) is 4.84. The molecular weight excluding hydrogens is 483 g/mol. The van der Waals surface area contributed by atoms with Gasteiger partial charge in [-0.1, -0.05) is 54.1 Å². The summed E-state index contributed by atoms with van der Waals surface area (Å²) in [4.78, 5) is 41.4. The van der Waals surface area contributed by atoms with E-state index in [9.17, 15) is 18.8 Å². The summed E-state index contributed by atoms with van der Waals surface area (Å²) in [7, 11) is 0. The van der Waals surface area contributed by atoms with E-state index in [1.807, 2.05) is 43.3 Å². The molecule has 0 radical (unpaired) electrons. The van der Waals surface area contributed by atoms with Gasteiger partial charge in [0.15, 0.2) is 0 Å². The van der Waals surface area contributed by atoms with Gasteiger partial charge in [-0.15, -0.1) is 0 Å². The molecule has 4 aromatic rings. The molecule has 2 heterocycles. The Morgan fingerprint density at radius 3 is 2.29 bits per heavy atom. The van der Waals surface area contributed by atoms with Crippen LogP contribution < -0.4 is 5.56 Å². The van der Waals surface area contributed by atoms with Crippen LogP contribution in [-0.4, -0.2) is 58.0 Å². The van der Waals surface area contributed by atoms with Crippen LogP contribution in [0.25, 0.3) is 10.8 Å². The van der Waals surface area contributed by atoms with Gasteiger partial charge in [0.2, 0.25) is 5.91 Å². The Morgan fingerprint density at radius 1 is 0.895 bits per heavy atom. The Hall–Kier alpha value is -4.33. The van der Waals surface area contributed by atoms with Gasteiger partial charge in [-0.3, -0.25) is 14.4 Å². The van der Waals surface area contributed by atoms with Crippen molar-refractivity contribution >= 4 is 22.6 Å². The third kappa shape index (κ3) is 5.49. The van der Waals surface area contributed by atoms with Gasteiger partial charge in [0.1, 0.15) is 5.82 Å². The minimum Gasteiger partial charge on any atom is -0.339 e. The minimum absolute atomic E-state index is 0.00428. The summed E-state index contributed by atoms with van der Waals surface area (Å²) in [6.07, 6.45) is 1.43. The Kier molecular flexibility index (Phi) is 7.31. The molecule has 2 amide bonds. The number of benzene rings is 3. The zero-order valence-electron chi connectivity index (χ0n) is 21.2. The normalized spacial score (nSPS) is 13.6. The SMILES string of the molecule is Cc1ccc(CCC(=O)N2CCN(C(=O)c3cc(Cc4n[nH]c(=O)c5ccccc45)ccc3F)CC2)cc1. The predicted octanol–water partition coefficient (Wildman–Crippen LogP) is 3.88. The van der Waals surface area contributed by atoms with Crippen molar-refractivity contribution in [2.24, 2.45) is 0 Å². The van der Waals surface area contributed by atoms with Crippen molar-refractivity contribution in [1.29, 1.82) is 0 Å². The second-order valence-corrected chi connectivity index (χ2v) is 9.69. The first-order valence-electron chi connectivity index (χ1n) is 12.8. The smallest absolute Gasteiger partial charge is 0.272 e.